The first-order chi connectivity index (χ1) is 10.4. The summed E-state index contributed by atoms with van der Waals surface area (Å²) in [4.78, 5) is 2.17. The molecule has 124 valence electrons. The molecule has 0 heterocycles. The summed E-state index contributed by atoms with van der Waals surface area (Å²) in [5.74, 6) is 1.57. The van der Waals surface area contributed by atoms with Gasteiger partial charge in [0.15, 0.2) is 11.5 Å². The van der Waals surface area contributed by atoms with Crippen LogP contribution in [-0.2, 0) is 6.54 Å². The van der Waals surface area contributed by atoms with Crippen LogP contribution in [0.4, 0.5) is 0 Å². The van der Waals surface area contributed by atoms with Crippen LogP contribution >= 0.6 is 0 Å². The molecule has 0 atom stereocenters. The lowest BCUT2D eigenvalue weighted by atomic mass is 10.0. The van der Waals surface area contributed by atoms with Crippen LogP contribution in [-0.4, -0.2) is 42.4 Å². The third-order valence-corrected chi connectivity index (χ3v) is 4.17. The molecule has 1 aromatic carbocycles. The van der Waals surface area contributed by atoms with Crippen molar-refractivity contribution < 1.29 is 14.6 Å². The largest absolute Gasteiger partial charge is 0.493 e. The lowest BCUT2D eigenvalue weighted by Crippen LogP contribution is -2.38. The second kappa shape index (κ2) is 7.34. The summed E-state index contributed by atoms with van der Waals surface area (Å²) in [6.07, 6.45) is 4.17. The molecule has 1 aliphatic carbocycles. The van der Waals surface area contributed by atoms with Crippen LogP contribution in [0.15, 0.2) is 18.2 Å². The van der Waals surface area contributed by atoms with Gasteiger partial charge in [0.2, 0.25) is 0 Å². The van der Waals surface area contributed by atoms with Crippen molar-refractivity contribution in [2.75, 3.05) is 20.7 Å². The fourth-order valence-corrected chi connectivity index (χ4v) is 3.26. The SMILES string of the molecule is COc1cccc(CN(C)CC2(O)CCCC2)c1OC(C)C. The Hall–Kier alpha value is -1.26. The second-order valence-electron chi connectivity index (χ2n) is 6.72. The molecule has 1 saturated carbocycles. The molecule has 0 radical (unpaired) electrons. The molecule has 4 heteroatoms. The first-order valence-electron chi connectivity index (χ1n) is 8.17. The van der Waals surface area contributed by atoms with Crippen molar-refractivity contribution >= 4 is 0 Å². The van der Waals surface area contributed by atoms with E-state index in [4.69, 9.17) is 9.47 Å². The summed E-state index contributed by atoms with van der Waals surface area (Å²) in [5, 5.41) is 10.6. The quantitative estimate of drug-likeness (QED) is 0.840. The van der Waals surface area contributed by atoms with E-state index < -0.39 is 5.60 Å². The summed E-state index contributed by atoms with van der Waals surface area (Å²) in [6.45, 7) is 5.47. The van der Waals surface area contributed by atoms with Crippen LogP contribution in [0.3, 0.4) is 0 Å². The normalized spacial score (nSPS) is 17.2. The van der Waals surface area contributed by atoms with E-state index in [0.29, 0.717) is 6.54 Å². The lowest BCUT2D eigenvalue weighted by molar-refractivity contribution is 0.0142. The molecule has 22 heavy (non-hydrogen) atoms. The van der Waals surface area contributed by atoms with E-state index in [-0.39, 0.29) is 6.10 Å². The highest BCUT2D eigenvalue weighted by atomic mass is 16.5. The van der Waals surface area contributed by atoms with E-state index in [1.54, 1.807) is 7.11 Å². The molecule has 1 aliphatic rings. The zero-order valence-corrected chi connectivity index (χ0v) is 14.3. The van der Waals surface area contributed by atoms with Crippen LogP contribution < -0.4 is 9.47 Å². The van der Waals surface area contributed by atoms with E-state index in [9.17, 15) is 5.11 Å². The Morgan fingerprint density at radius 2 is 1.95 bits per heavy atom. The fraction of sp³-hybridized carbons (Fsp3) is 0.667. The summed E-state index contributed by atoms with van der Waals surface area (Å²) in [7, 11) is 3.71. The lowest BCUT2D eigenvalue weighted by Gasteiger charge is -2.29. The minimum absolute atomic E-state index is 0.0966. The van der Waals surface area contributed by atoms with Crippen LogP contribution in [0.2, 0.25) is 0 Å². The molecule has 0 spiro atoms. The minimum atomic E-state index is -0.521. The van der Waals surface area contributed by atoms with Gasteiger partial charge in [0.1, 0.15) is 0 Å². The summed E-state index contributed by atoms with van der Waals surface area (Å²) >= 11 is 0. The number of para-hydroxylation sites is 1. The van der Waals surface area contributed by atoms with Gasteiger partial charge in [-0.05, 0) is 39.8 Å². The molecule has 1 fully saturated rings. The van der Waals surface area contributed by atoms with Gasteiger partial charge in [0, 0.05) is 18.7 Å². The third-order valence-electron chi connectivity index (χ3n) is 4.17. The van der Waals surface area contributed by atoms with E-state index in [0.717, 1.165) is 49.3 Å². The minimum Gasteiger partial charge on any atom is -0.493 e. The van der Waals surface area contributed by atoms with Crippen molar-refractivity contribution in [1.29, 1.82) is 0 Å². The highest BCUT2D eigenvalue weighted by Gasteiger charge is 2.32. The number of nitrogens with zero attached hydrogens (tertiary/aromatic N) is 1. The fourth-order valence-electron chi connectivity index (χ4n) is 3.26. The maximum Gasteiger partial charge on any atom is 0.166 e. The van der Waals surface area contributed by atoms with Gasteiger partial charge in [-0.1, -0.05) is 25.0 Å². The number of benzene rings is 1. The molecule has 0 unspecified atom stereocenters. The number of hydrogen-bond acceptors (Lipinski definition) is 4. The highest BCUT2D eigenvalue weighted by molar-refractivity contribution is 5.46. The predicted molar refractivity (Wildman–Crippen MR) is 88.5 cm³/mol. The number of rotatable bonds is 7. The summed E-state index contributed by atoms with van der Waals surface area (Å²) in [5.41, 5.74) is 0.573. The highest BCUT2D eigenvalue weighted by Crippen LogP contribution is 2.34. The smallest absolute Gasteiger partial charge is 0.166 e. The Balaban J connectivity index is 2.10. The van der Waals surface area contributed by atoms with Crippen molar-refractivity contribution in [3.63, 3.8) is 0 Å². The van der Waals surface area contributed by atoms with E-state index in [1.807, 2.05) is 26.0 Å². The van der Waals surface area contributed by atoms with Crippen molar-refractivity contribution in [1.82, 2.24) is 4.90 Å². The molecule has 1 aromatic rings. The third kappa shape index (κ3) is 4.37. The van der Waals surface area contributed by atoms with E-state index in [1.165, 1.54) is 0 Å². The van der Waals surface area contributed by atoms with Crippen LogP contribution in [0, 0.1) is 0 Å². The Kier molecular flexibility index (Phi) is 5.70. The summed E-state index contributed by atoms with van der Waals surface area (Å²) in [6, 6.07) is 5.97. The summed E-state index contributed by atoms with van der Waals surface area (Å²) < 4.78 is 11.4. The molecule has 2 rings (SSSR count). The van der Waals surface area contributed by atoms with E-state index >= 15 is 0 Å². The Labute approximate surface area is 134 Å². The van der Waals surface area contributed by atoms with Gasteiger partial charge in [-0.2, -0.15) is 0 Å². The topological polar surface area (TPSA) is 41.9 Å². The number of likely N-dealkylation sites (N-methyl/N-ethyl adjacent to an activating group) is 1. The molecule has 0 saturated heterocycles. The monoisotopic (exact) mass is 307 g/mol. The molecule has 0 aromatic heterocycles. The molecule has 4 nitrogen and oxygen atoms in total. The van der Waals surface area contributed by atoms with Gasteiger partial charge in [-0.25, -0.2) is 0 Å². The predicted octanol–water partition coefficient (Wildman–Crippen LogP) is 3.22. The van der Waals surface area contributed by atoms with Gasteiger partial charge >= 0.3 is 0 Å². The first kappa shape index (κ1) is 17.1. The van der Waals surface area contributed by atoms with E-state index in [2.05, 4.69) is 18.0 Å². The average molecular weight is 307 g/mol. The molecule has 0 aliphatic heterocycles. The van der Waals surface area contributed by atoms with Gasteiger partial charge < -0.3 is 14.6 Å². The molecule has 1 N–H and O–H groups in total. The number of ether oxygens (including phenoxy) is 2. The number of aliphatic hydroxyl groups is 1. The maximum absolute atomic E-state index is 10.6. The Morgan fingerprint density at radius 1 is 1.27 bits per heavy atom. The molecule has 0 amide bonds. The maximum atomic E-state index is 10.6. The van der Waals surface area contributed by atoms with Gasteiger partial charge in [-0.3, -0.25) is 4.90 Å². The van der Waals surface area contributed by atoms with Crippen molar-refractivity contribution in [2.45, 2.75) is 57.8 Å². The zero-order chi connectivity index (χ0) is 16.2. The van der Waals surface area contributed by atoms with Crippen molar-refractivity contribution in [2.24, 2.45) is 0 Å². The van der Waals surface area contributed by atoms with Crippen molar-refractivity contribution in [3.8, 4) is 11.5 Å². The van der Waals surface area contributed by atoms with Gasteiger partial charge in [0.05, 0.1) is 18.8 Å². The van der Waals surface area contributed by atoms with Crippen LogP contribution in [0.1, 0.15) is 45.1 Å². The van der Waals surface area contributed by atoms with Gasteiger partial charge in [-0.15, -0.1) is 0 Å². The van der Waals surface area contributed by atoms with Gasteiger partial charge in [0.25, 0.3) is 0 Å². The first-order valence-corrected chi connectivity index (χ1v) is 8.17. The Bertz CT molecular complexity index is 481. The standard InChI is InChI=1S/C18H29NO3/c1-14(2)22-17-15(8-7-9-16(17)21-4)12-19(3)13-18(20)10-5-6-11-18/h7-9,14,20H,5-6,10-13H2,1-4H3. The molecular weight excluding hydrogens is 278 g/mol. The average Bonchev–Trinajstić information content (AvgIpc) is 2.86. The second-order valence-corrected chi connectivity index (χ2v) is 6.72. The number of hydrogen-bond donors (Lipinski definition) is 1. The molecule has 0 bridgehead atoms. The molecular formula is C18H29NO3. The Morgan fingerprint density at radius 3 is 2.55 bits per heavy atom. The number of methoxy groups -OCH3 is 1. The van der Waals surface area contributed by atoms with Crippen LogP contribution in [0.25, 0.3) is 0 Å². The van der Waals surface area contributed by atoms with Crippen molar-refractivity contribution in [3.05, 3.63) is 23.8 Å². The van der Waals surface area contributed by atoms with Crippen LogP contribution in [0.5, 0.6) is 11.5 Å². The zero-order valence-electron chi connectivity index (χ0n) is 14.3.